The molecule has 0 saturated heterocycles. The molecular weight excluding hydrogens is 344 g/mol. The normalized spacial score (nSPS) is 11.2. The van der Waals surface area contributed by atoms with Gasteiger partial charge < -0.3 is 11.1 Å². The maximum absolute atomic E-state index is 10.5. The Morgan fingerprint density at radius 2 is 0.857 bits per heavy atom. The second-order valence-electron chi connectivity index (χ2n) is 9.19. The largest absolute Gasteiger partial charge is 0.352 e. The Balaban J connectivity index is 3.00. The van der Waals surface area contributed by atoms with Crippen LogP contribution in [0.25, 0.3) is 0 Å². The molecule has 0 radical (unpaired) electrons. The Morgan fingerprint density at radius 3 is 1.14 bits per heavy atom. The highest BCUT2D eigenvalue weighted by Crippen LogP contribution is 2.15. The quantitative estimate of drug-likeness (QED) is 0.178. The minimum Gasteiger partial charge on any atom is -0.352 e. The molecule has 0 bridgehead atoms. The molecule has 168 valence electrons. The monoisotopic (exact) mass is 396 g/mol. The van der Waals surface area contributed by atoms with E-state index in [1.54, 1.807) is 0 Å². The summed E-state index contributed by atoms with van der Waals surface area (Å²) < 4.78 is 0. The molecule has 3 N–H and O–H groups in total. The summed E-state index contributed by atoms with van der Waals surface area (Å²) in [5, 5.41) is 2.65. The fourth-order valence-corrected chi connectivity index (χ4v) is 3.89. The van der Waals surface area contributed by atoms with Gasteiger partial charge >= 0.3 is 6.03 Å². The van der Waals surface area contributed by atoms with E-state index >= 15 is 0 Å². The molecule has 0 atom stereocenters. The van der Waals surface area contributed by atoms with Gasteiger partial charge in [-0.3, -0.25) is 0 Å². The number of unbranched alkanes of at least 4 members (excludes halogenated alkanes) is 18. The molecule has 0 aliphatic rings. The number of primary amides is 1. The van der Waals surface area contributed by atoms with Crippen LogP contribution in [0.3, 0.4) is 0 Å². The van der Waals surface area contributed by atoms with Crippen LogP contribution in [0.4, 0.5) is 4.79 Å². The number of rotatable bonds is 22. The molecule has 0 aromatic rings. The Bertz CT molecular complexity index is 318. The van der Waals surface area contributed by atoms with E-state index in [2.05, 4.69) is 19.2 Å². The number of nitrogens with two attached hydrogens (primary N) is 1. The van der Waals surface area contributed by atoms with Crippen molar-refractivity contribution >= 4 is 6.03 Å². The molecule has 0 aliphatic heterocycles. The molecule has 2 amide bonds. The molecule has 0 spiro atoms. The predicted octanol–water partition coefficient (Wildman–Crippen LogP) is 8.11. The highest BCUT2D eigenvalue weighted by molar-refractivity contribution is 5.71. The first kappa shape index (κ1) is 27.3. The van der Waals surface area contributed by atoms with Crippen LogP contribution >= 0.6 is 0 Å². The zero-order valence-electron chi connectivity index (χ0n) is 19.4. The van der Waals surface area contributed by atoms with Crippen LogP contribution in [0, 0.1) is 5.92 Å². The predicted molar refractivity (Wildman–Crippen MR) is 125 cm³/mol. The van der Waals surface area contributed by atoms with Crippen LogP contribution in [0.15, 0.2) is 0 Å². The van der Waals surface area contributed by atoms with Gasteiger partial charge in [-0.25, -0.2) is 4.79 Å². The van der Waals surface area contributed by atoms with E-state index in [-0.39, 0.29) is 0 Å². The summed E-state index contributed by atoms with van der Waals surface area (Å²) in [5.41, 5.74) is 5.03. The number of carbonyl (C=O) groups is 1. The van der Waals surface area contributed by atoms with Gasteiger partial charge in [-0.05, 0) is 12.3 Å². The fourth-order valence-electron chi connectivity index (χ4n) is 3.89. The second-order valence-corrected chi connectivity index (χ2v) is 9.19. The van der Waals surface area contributed by atoms with E-state index in [0.29, 0.717) is 0 Å². The molecule has 0 fully saturated rings. The average molecular weight is 397 g/mol. The van der Waals surface area contributed by atoms with E-state index in [1.807, 2.05) is 0 Å². The number of hydrogen-bond donors (Lipinski definition) is 2. The maximum atomic E-state index is 10.5. The van der Waals surface area contributed by atoms with Gasteiger partial charge in [0.15, 0.2) is 0 Å². The molecular formula is C25H52N2O. The lowest BCUT2D eigenvalue weighted by Gasteiger charge is -2.05. The third-order valence-electron chi connectivity index (χ3n) is 5.76. The molecule has 0 aromatic carbocycles. The van der Waals surface area contributed by atoms with Crippen LogP contribution in [0.5, 0.6) is 0 Å². The number of urea groups is 1. The van der Waals surface area contributed by atoms with Crippen LogP contribution in [-0.2, 0) is 0 Å². The van der Waals surface area contributed by atoms with Crippen molar-refractivity contribution in [3.05, 3.63) is 0 Å². The van der Waals surface area contributed by atoms with Crippen molar-refractivity contribution in [3.63, 3.8) is 0 Å². The zero-order chi connectivity index (χ0) is 20.7. The van der Waals surface area contributed by atoms with Crippen molar-refractivity contribution in [1.29, 1.82) is 0 Å². The van der Waals surface area contributed by atoms with Crippen molar-refractivity contribution in [1.82, 2.24) is 5.32 Å². The number of nitrogens with one attached hydrogen (secondary N) is 1. The Kier molecular flexibility index (Phi) is 22.0. The third-order valence-corrected chi connectivity index (χ3v) is 5.76. The van der Waals surface area contributed by atoms with E-state index < -0.39 is 6.03 Å². The summed E-state index contributed by atoms with van der Waals surface area (Å²) in [6.45, 7) is 5.39. The molecule has 3 heteroatoms. The van der Waals surface area contributed by atoms with Gasteiger partial charge in [-0.1, -0.05) is 136 Å². The SMILES string of the molecule is CC(C)CCCCCCCCCCCCCCCCCCCCCNC(N)=O. The Morgan fingerprint density at radius 1 is 0.571 bits per heavy atom. The van der Waals surface area contributed by atoms with Gasteiger partial charge in [-0.2, -0.15) is 0 Å². The van der Waals surface area contributed by atoms with Gasteiger partial charge in [0.25, 0.3) is 0 Å². The highest BCUT2D eigenvalue weighted by atomic mass is 16.2. The van der Waals surface area contributed by atoms with E-state index in [1.165, 1.54) is 122 Å². The molecule has 28 heavy (non-hydrogen) atoms. The number of carbonyl (C=O) groups excluding carboxylic acids is 1. The van der Waals surface area contributed by atoms with Gasteiger partial charge in [0.2, 0.25) is 0 Å². The van der Waals surface area contributed by atoms with Crippen molar-refractivity contribution < 1.29 is 4.79 Å². The lowest BCUT2D eigenvalue weighted by atomic mass is 10.0. The van der Waals surface area contributed by atoms with E-state index in [4.69, 9.17) is 5.73 Å². The second kappa shape index (κ2) is 22.6. The summed E-state index contributed by atoms with van der Waals surface area (Å²) in [7, 11) is 0. The van der Waals surface area contributed by atoms with E-state index in [0.717, 1.165) is 18.9 Å². The smallest absolute Gasteiger partial charge is 0.312 e. The maximum Gasteiger partial charge on any atom is 0.312 e. The third kappa shape index (κ3) is 25.3. The molecule has 0 rings (SSSR count). The summed E-state index contributed by atoms with van der Waals surface area (Å²) in [5.74, 6) is 0.884. The molecule has 0 heterocycles. The first-order valence-electron chi connectivity index (χ1n) is 12.7. The zero-order valence-corrected chi connectivity index (χ0v) is 19.4. The van der Waals surface area contributed by atoms with Gasteiger partial charge in [0.05, 0.1) is 0 Å². The number of hydrogen-bond acceptors (Lipinski definition) is 1. The molecule has 0 aromatic heterocycles. The number of amides is 2. The van der Waals surface area contributed by atoms with Crippen molar-refractivity contribution in [2.24, 2.45) is 11.7 Å². The first-order chi connectivity index (χ1) is 13.6. The first-order valence-corrected chi connectivity index (χ1v) is 12.7. The lowest BCUT2D eigenvalue weighted by Crippen LogP contribution is -2.29. The van der Waals surface area contributed by atoms with Crippen molar-refractivity contribution in [2.75, 3.05) is 6.54 Å². The lowest BCUT2D eigenvalue weighted by molar-refractivity contribution is 0.248. The molecule has 3 nitrogen and oxygen atoms in total. The average Bonchev–Trinajstić information content (AvgIpc) is 2.65. The van der Waals surface area contributed by atoms with Crippen LogP contribution in [-0.4, -0.2) is 12.6 Å². The summed E-state index contributed by atoms with van der Waals surface area (Å²) in [6, 6.07) is -0.400. The van der Waals surface area contributed by atoms with Gasteiger partial charge in [-0.15, -0.1) is 0 Å². The van der Waals surface area contributed by atoms with Crippen molar-refractivity contribution in [3.8, 4) is 0 Å². The van der Waals surface area contributed by atoms with Gasteiger partial charge in [0.1, 0.15) is 0 Å². The van der Waals surface area contributed by atoms with Crippen LogP contribution < -0.4 is 11.1 Å². The summed E-state index contributed by atoms with van der Waals surface area (Å²) in [6.07, 6.45) is 27.9. The Labute approximate surface area is 177 Å². The minimum atomic E-state index is -0.400. The molecule has 0 unspecified atom stereocenters. The highest BCUT2D eigenvalue weighted by Gasteiger charge is 1.97. The summed E-state index contributed by atoms with van der Waals surface area (Å²) >= 11 is 0. The van der Waals surface area contributed by atoms with Crippen molar-refractivity contribution in [2.45, 2.75) is 142 Å². The topological polar surface area (TPSA) is 55.1 Å². The molecule has 0 saturated carbocycles. The van der Waals surface area contributed by atoms with Gasteiger partial charge in [0, 0.05) is 6.54 Å². The van der Waals surface area contributed by atoms with Crippen LogP contribution in [0.2, 0.25) is 0 Å². The molecule has 0 aliphatic carbocycles. The summed E-state index contributed by atoms with van der Waals surface area (Å²) in [4.78, 5) is 10.5. The fraction of sp³-hybridized carbons (Fsp3) is 0.960. The minimum absolute atomic E-state index is 0.400. The Hall–Kier alpha value is -0.730. The standard InChI is InChI=1S/C25H52N2O/c1-24(2)22-20-18-16-14-12-10-8-6-4-3-5-7-9-11-13-15-17-19-21-23-27-25(26)28/h24H,3-23H2,1-2H3,(H3,26,27,28). The van der Waals surface area contributed by atoms with Crippen LogP contribution in [0.1, 0.15) is 142 Å². The van der Waals surface area contributed by atoms with E-state index in [9.17, 15) is 4.79 Å².